The molecule has 1 fully saturated rings. The Morgan fingerprint density at radius 2 is 1.88 bits per heavy atom. The number of ketones is 1. The Kier molecular flexibility index (Phi) is 3.24. The van der Waals surface area contributed by atoms with Crippen molar-refractivity contribution in [2.75, 3.05) is 0 Å². The molecule has 17 heavy (non-hydrogen) atoms. The van der Waals surface area contributed by atoms with Gasteiger partial charge in [0.2, 0.25) is 0 Å². The maximum absolute atomic E-state index is 13.3. The van der Waals surface area contributed by atoms with Gasteiger partial charge in [-0.25, -0.2) is 8.78 Å². The first-order chi connectivity index (χ1) is 8.00. The molecular weight excluding hydrogens is 224 g/mol. The van der Waals surface area contributed by atoms with E-state index in [1.807, 2.05) is 0 Å². The number of hydrogen-bond acceptors (Lipinski definition) is 2. The fourth-order valence-electron chi connectivity index (χ4n) is 2.16. The maximum atomic E-state index is 13.3. The van der Waals surface area contributed by atoms with Crippen LogP contribution in [0.1, 0.15) is 31.2 Å². The van der Waals surface area contributed by atoms with E-state index in [0.717, 1.165) is 31.4 Å². The number of rotatable bonds is 4. The summed E-state index contributed by atoms with van der Waals surface area (Å²) in [7, 11) is 0. The molecule has 0 saturated heterocycles. The quantitative estimate of drug-likeness (QED) is 0.876. The van der Waals surface area contributed by atoms with Gasteiger partial charge in [-0.2, -0.15) is 0 Å². The second-order valence-electron chi connectivity index (χ2n) is 4.81. The molecule has 1 aromatic carbocycles. The van der Waals surface area contributed by atoms with Gasteiger partial charge in [0.15, 0.2) is 0 Å². The lowest BCUT2D eigenvalue weighted by Gasteiger charge is -2.37. The second-order valence-corrected chi connectivity index (χ2v) is 4.81. The number of carbonyl (C=O) groups is 1. The SMILES string of the molecule is NC1(CC(=O)Cc2c(F)cccc2F)CCC1. The summed E-state index contributed by atoms with van der Waals surface area (Å²) < 4.78 is 26.6. The zero-order chi connectivity index (χ0) is 12.5. The van der Waals surface area contributed by atoms with Crippen LogP contribution >= 0.6 is 0 Å². The zero-order valence-electron chi connectivity index (χ0n) is 9.51. The number of benzene rings is 1. The normalized spacial score (nSPS) is 17.6. The van der Waals surface area contributed by atoms with Crippen LogP contribution in [0.2, 0.25) is 0 Å². The molecule has 0 heterocycles. The molecule has 0 aromatic heterocycles. The molecule has 1 aliphatic carbocycles. The molecule has 0 bridgehead atoms. The van der Waals surface area contributed by atoms with Crippen molar-refractivity contribution in [2.45, 2.75) is 37.6 Å². The first-order valence-electron chi connectivity index (χ1n) is 5.74. The van der Waals surface area contributed by atoms with E-state index < -0.39 is 17.2 Å². The van der Waals surface area contributed by atoms with Crippen molar-refractivity contribution in [1.29, 1.82) is 0 Å². The Bertz CT molecular complexity index is 421. The minimum Gasteiger partial charge on any atom is -0.325 e. The maximum Gasteiger partial charge on any atom is 0.139 e. The van der Waals surface area contributed by atoms with Crippen LogP contribution in [0.4, 0.5) is 8.78 Å². The van der Waals surface area contributed by atoms with E-state index >= 15 is 0 Å². The van der Waals surface area contributed by atoms with Gasteiger partial charge < -0.3 is 5.73 Å². The van der Waals surface area contributed by atoms with Gasteiger partial charge in [0.1, 0.15) is 17.4 Å². The Hall–Kier alpha value is -1.29. The average molecular weight is 239 g/mol. The van der Waals surface area contributed by atoms with Crippen molar-refractivity contribution in [3.8, 4) is 0 Å². The molecule has 92 valence electrons. The average Bonchev–Trinajstić information content (AvgIpc) is 2.21. The lowest BCUT2D eigenvalue weighted by atomic mass is 9.74. The third-order valence-electron chi connectivity index (χ3n) is 3.33. The molecule has 0 amide bonds. The highest BCUT2D eigenvalue weighted by Crippen LogP contribution is 2.32. The van der Waals surface area contributed by atoms with Gasteiger partial charge in [0.05, 0.1) is 0 Å². The third kappa shape index (κ3) is 2.69. The van der Waals surface area contributed by atoms with Crippen molar-refractivity contribution in [2.24, 2.45) is 5.73 Å². The number of halogens is 2. The van der Waals surface area contributed by atoms with E-state index in [0.29, 0.717) is 0 Å². The monoisotopic (exact) mass is 239 g/mol. The summed E-state index contributed by atoms with van der Waals surface area (Å²) >= 11 is 0. The molecule has 0 radical (unpaired) electrons. The predicted octanol–water partition coefficient (Wildman–Crippen LogP) is 2.35. The van der Waals surface area contributed by atoms with Crippen molar-refractivity contribution in [1.82, 2.24) is 0 Å². The third-order valence-corrected chi connectivity index (χ3v) is 3.33. The standard InChI is InChI=1S/C13H15F2NO/c14-11-3-1-4-12(15)10(11)7-9(17)8-13(16)5-2-6-13/h1,3-4H,2,5-8,16H2. The molecule has 1 aliphatic rings. The minimum absolute atomic E-state index is 0.152. The number of nitrogens with two attached hydrogens (primary N) is 1. The van der Waals surface area contributed by atoms with Crippen LogP contribution in [0.5, 0.6) is 0 Å². The fraction of sp³-hybridized carbons (Fsp3) is 0.462. The molecule has 0 aliphatic heterocycles. The highest BCUT2D eigenvalue weighted by atomic mass is 19.1. The highest BCUT2D eigenvalue weighted by molar-refractivity contribution is 5.82. The number of Topliss-reactive ketones (excluding diaryl/α,β-unsaturated/α-hetero) is 1. The summed E-state index contributed by atoms with van der Waals surface area (Å²) in [5, 5.41) is 0. The van der Waals surface area contributed by atoms with Crippen molar-refractivity contribution < 1.29 is 13.6 Å². The van der Waals surface area contributed by atoms with Gasteiger partial charge in [-0.3, -0.25) is 4.79 Å². The predicted molar refractivity (Wildman–Crippen MR) is 60.5 cm³/mol. The van der Waals surface area contributed by atoms with E-state index in [1.165, 1.54) is 6.07 Å². The summed E-state index contributed by atoms with van der Waals surface area (Å²) in [6.45, 7) is 0. The fourth-order valence-corrected chi connectivity index (χ4v) is 2.16. The summed E-state index contributed by atoms with van der Waals surface area (Å²) in [6, 6.07) is 3.61. The summed E-state index contributed by atoms with van der Waals surface area (Å²) in [6.07, 6.45) is 2.66. The van der Waals surface area contributed by atoms with Crippen LogP contribution in [-0.2, 0) is 11.2 Å². The summed E-state index contributed by atoms with van der Waals surface area (Å²) in [5.74, 6) is -1.53. The van der Waals surface area contributed by atoms with Crippen LogP contribution in [-0.4, -0.2) is 11.3 Å². The number of hydrogen-bond donors (Lipinski definition) is 1. The van der Waals surface area contributed by atoms with Crippen LogP contribution in [0, 0.1) is 11.6 Å². The molecule has 2 nitrogen and oxygen atoms in total. The van der Waals surface area contributed by atoms with Gasteiger partial charge >= 0.3 is 0 Å². The van der Waals surface area contributed by atoms with Gasteiger partial charge in [-0.1, -0.05) is 6.07 Å². The van der Waals surface area contributed by atoms with Crippen molar-refractivity contribution >= 4 is 5.78 Å². The van der Waals surface area contributed by atoms with E-state index in [2.05, 4.69) is 0 Å². The van der Waals surface area contributed by atoms with Crippen LogP contribution < -0.4 is 5.73 Å². The Balaban J connectivity index is 2.03. The Morgan fingerprint density at radius 1 is 1.29 bits per heavy atom. The zero-order valence-corrected chi connectivity index (χ0v) is 9.51. The van der Waals surface area contributed by atoms with E-state index in [-0.39, 0.29) is 24.2 Å². The van der Waals surface area contributed by atoms with Gasteiger partial charge in [0.25, 0.3) is 0 Å². The lowest BCUT2D eigenvalue weighted by molar-refractivity contribution is -0.120. The smallest absolute Gasteiger partial charge is 0.139 e. The minimum atomic E-state index is -0.668. The van der Waals surface area contributed by atoms with Crippen LogP contribution in [0.15, 0.2) is 18.2 Å². The van der Waals surface area contributed by atoms with E-state index in [4.69, 9.17) is 5.73 Å². The Labute approximate surface area is 98.8 Å². The van der Waals surface area contributed by atoms with Gasteiger partial charge in [-0.05, 0) is 31.4 Å². The summed E-state index contributed by atoms with van der Waals surface area (Å²) in [5.41, 5.74) is 5.34. The molecule has 1 aromatic rings. The molecule has 0 spiro atoms. The van der Waals surface area contributed by atoms with Gasteiger partial charge in [0, 0.05) is 23.9 Å². The molecule has 1 saturated carbocycles. The lowest BCUT2D eigenvalue weighted by Crippen LogP contribution is -2.48. The first-order valence-corrected chi connectivity index (χ1v) is 5.74. The molecule has 2 N–H and O–H groups in total. The molecule has 0 unspecified atom stereocenters. The topological polar surface area (TPSA) is 43.1 Å². The molecule has 0 atom stereocenters. The second kappa shape index (κ2) is 4.53. The molecule has 2 rings (SSSR count). The van der Waals surface area contributed by atoms with Crippen molar-refractivity contribution in [3.05, 3.63) is 35.4 Å². The van der Waals surface area contributed by atoms with E-state index in [1.54, 1.807) is 0 Å². The van der Waals surface area contributed by atoms with Crippen LogP contribution in [0.3, 0.4) is 0 Å². The Morgan fingerprint density at radius 3 is 2.35 bits per heavy atom. The molecule has 4 heteroatoms. The largest absolute Gasteiger partial charge is 0.325 e. The van der Waals surface area contributed by atoms with Gasteiger partial charge in [-0.15, -0.1) is 0 Å². The molecular formula is C13H15F2NO. The van der Waals surface area contributed by atoms with E-state index in [9.17, 15) is 13.6 Å². The first kappa shape index (κ1) is 12.2. The summed E-state index contributed by atoms with van der Waals surface area (Å²) in [4.78, 5) is 11.7. The van der Waals surface area contributed by atoms with Crippen molar-refractivity contribution in [3.63, 3.8) is 0 Å². The number of carbonyl (C=O) groups excluding carboxylic acids is 1. The van der Waals surface area contributed by atoms with Crippen LogP contribution in [0.25, 0.3) is 0 Å². The highest BCUT2D eigenvalue weighted by Gasteiger charge is 2.34.